The molecule has 0 radical (unpaired) electrons. The van der Waals surface area contributed by atoms with Crippen molar-refractivity contribution in [2.24, 2.45) is 17.8 Å². The van der Waals surface area contributed by atoms with Crippen LogP contribution in [0.2, 0.25) is 0 Å². The number of aromatic carboxylic acids is 1. The molecule has 0 bridgehead atoms. The zero-order valence-corrected chi connectivity index (χ0v) is 16.1. The van der Waals surface area contributed by atoms with Gasteiger partial charge >= 0.3 is 5.97 Å². The third-order valence-electron chi connectivity index (χ3n) is 7.95. The van der Waals surface area contributed by atoms with E-state index in [4.69, 9.17) is 0 Å². The first-order valence-corrected chi connectivity index (χ1v) is 10.9. The summed E-state index contributed by atoms with van der Waals surface area (Å²) >= 11 is 0. The van der Waals surface area contributed by atoms with Crippen LogP contribution in [0.5, 0.6) is 0 Å². The van der Waals surface area contributed by atoms with Crippen molar-refractivity contribution in [1.29, 1.82) is 0 Å². The number of carbonyl (C=O) groups is 1. The Morgan fingerprint density at radius 3 is 2.46 bits per heavy atom. The second kappa shape index (κ2) is 6.10. The van der Waals surface area contributed by atoms with Crippen molar-refractivity contribution >= 4 is 11.7 Å². The van der Waals surface area contributed by atoms with Crippen LogP contribution >= 0.6 is 0 Å². The molecule has 0 saturated carbocycles. The molecule has 28 heavy (non-hydrogen) atoms. The Bertz CT molecular complexity index is 909. The van der Waals surface area contributed by atoms with Crippen molar-refractivity contribution in [2.75, 3.05) is 11.4 Å². The molecule has 2 aliphatic heterocycles. The molecule has 0 aromatic heterocycles. The minimum Gasteiger partial charge on any atom is -0.478 e. The summed E-state index contributed by atoms with van der Waals surface area (Å²) in [5.74, 6) is 1.86. The number of carboxylic acid groups (broad SMARTS) is 1. The average molecular weight is 373 g/mol. The van der Waals surface area contributed by atoms with Gasteiger partial charge in [0.15, 0.2) is 0 Å². The predicted molar refractivity (Wildman–Crippen MR) is 111 cm³/mol. The van der Waals surface area contributed by atoms with Crippen LogP contribution < -0.4 is 4.90 Å². The molecule has 6 rings (SSSR count). The van der Waals surface area contributed by atoms with E-state index in [2.05, 4.69) is 41.4 Å². The number of hydrogen-bond donors (Lipinski definition) is 1. The quantitative estimate of drug-likeness (QED) is 0.719. The lowest BCUT2D eigenvalue weighted by Gasteiger charge is -2.53. The third kappa shape index (κ3) is 2.25. The highest BCUT2D eigenvalue weighted by Crippen LogP contribution is 2.57. The van der Waals surface area contributed by atoms with E-state index in [1.54, 1.807) is 0 Å². The number of nitrogens with zero attached hydrogens (tertiary/aromatic N) is 1. The monoisotopic (exact) mass is 373 g/mol. The molecule has 0 saturated heterocycles. The largest absolute Gasteiger partial charge is 0.478 e. The number of carboxylic acids is 1. The highest BCUT2D eigenvalue weighted by atomic mass is 16.4. The fourth-order valence-corrected chi connectivity index (χ4v) is 6.83. The summed E-state index contributed by atoms with van der Waals surface area (Å²) in [4.78, 5) is 14.6. The van der Waals surface area contributed by atoms with E-state index in [9.17, 15) is 9.90 Å². The number of rotatable bonds is 2. The normalized spacial score (nSPS) is 36.9. The minimum atomic E-state index is -0.798. The lowest BCUT2D eigenvalue weighted by molar-refractivity contribution is 0.0696. The minimum absolute atomic E-state index is 0.377. The maximum Gasteiger partial charge on any atom is 0.335 e. The van der Waals surface area contributed by atoms with Crippen molar-refractivity contribution in [3.8, 4) is 0 Å². The van der Waals surface area contributed by atoms with Crippen molar-refractivity contribution in [3.63, 3.8) is 0 Å². The molecule has 3 heteroatoms. The van der Waals surface area contributed by atoms with Gasteiger partial charge in [-0.15, -0.1) is 0 Å². The maximum absolute atomic E-state index is 11.9. The van der Waals surface area contributed by atoms with E-state index in [1.807, 2.05) is 12.1 Å². The summed E-state index contributed by atoms with van der Waals surface area (Å²) in [6.45, 7) is 1.12. The second-order valence-electron chi connectivity index (χ2n) is 9.30. The molecule has 1 aromatic carbocycles. The van der Waals surface area contributed by atoms with Crippen LogP contribution in [0.3, 0.4) is 0 Å². The molecule has 0 spiro atoms. The number of hydrogen-bond acceptors (Lipinski definition) is 2. The molecule has 1 aromatic rings. The molecular weight excluding hydrogens is 346 g/mol. The molecule has 1 N–H and O–H groups in total. The molecule has 6 unspecified atom stereocenters. The van der Waals surface area contributed by atoms with Gasteiger partial charge in [-0.1, -0.05) is 36.5 Å². The van der Waals surface area contributed by atoms with Crippen molar-refractivity contribution in [2.45, 2.75) is 50.0 Å². The van der Waals surface area contributed by atoms with Crippen LogP contribution in [0.15, 0.2) is 48.6 Å². The molecule has 0 fully saturated rings. The van der Waals surface area contributed by atoms with E-state index in [-0.39, 0.29) is 0 Å². The van der Waals surface area contributed by atoms with Gasteiger partial charge < -0.3 is 10.0 Å². The van der Waals surface area contributed by atoms with Crippen LogP contribution in [0.1, 0.15) is 65.4 Å². The predicted octanol–water partition coefficient (Wildman–Crippen LogP) is 5.26. The zero-order valence-electron chi connectivity index (χ0n) is 16.1. The van der Waals surface area contributed by atoms with Crippen molar-refractivity contribution in [3.05, 3.63) is 65.3 Å². The number of allylic oxidation sites excluding steroid dienone is 6. The summed E-state index contributed by atoms with van der Waals surface area (Å²) in [6, 6.07) is 4.54. The maximum atomic E-state index is 11.9. The molecule has 6 atom stereocenters. The Balaban J connectivity index is 1.56. The number of benzene rings is 1. The topological polar surface area (TPSA) is 40.5 Å². The molecule has 3 nitrogen and oxygen atoms in total. The van der Waals surface area contributed by atoms with E-state index in [0.717, 1.165) is 19.4 Å². The summed E-state index contributed by atoms with van der Waals surface area (Å²) in [6.07, 6.45) is 20.0. The first kappa shape index (κ1) is 16.6. The van der Waals surface area contributed by atoms with Crippen LogP contribution in [0, 0.1) is 17.8 Å². The smallest absolute Gasteiger partial charge is 0.335 e. The fourth-order valence-electron chi connectivity index (χ4n) is 6.83. The van der Waals surface area contributed by atoms with Crippen LogP contribution in [-0.4, -0.2) is 23.7 Å². The van der Waals surface area contributed by atoms with Crippen molar-refractivity contribution < 1.29 is 9.90 Å². The van der Waals surface area contributed by atoms with Crippen LogP contribution in [0.25, 0.3) is 0 Å². The second-order valence-corrected chi connectivity index (χ2v) is 9.30. The van der Waals surface area contributed by atoms with E-state index >= 15 is 0 Å². The van der Waals surface area contributed by atoms with Gasteiger partial charge in [-0.25, -0.2) is 4.79 Å². The summed E-state index contributed by atoms with van der Waals surface area (Å²) in [7, 11) is 0. The highest BCUT2D eigenvalue weighted by Gasteiger charge is 2.49. The van der Waals surface area contributed by atoms with E-state index in [1.165, 1.54) is 36.1 Å². The van der Waals surface area contributed by atoms with Crippen LogP contribution in [-0.2, 0) is 0 Å². The number of fused-ring (bicyclic) bond motifs is 4. The van der Waals surface area contributed by atoms with Gasteiger partial charge in [0, 0.05) is 30.1 Å². The average Bonchev–Trinajstić information content (AvgIpc) is 3.38. The van der Waals surface area contributed by atoms with Gasteiger partial charge in [0.1, 0.15) is 0 Å². The fraction of sp³-hybridized carbons (Fsp3) is 0.480. The van der Waals surface area contributed by atoms with Gasteiger partial charge in [0.2, 0.25) is 0 Å². The van der Waals surface area contributed by atoms with Crippen LogP contribution in [0.4, 0.5) is 5.69 Å². The third-order valence-corrected chi connectivity index (χ3v) is 7.95. The summed E-state index contributed by atoms with van der Waals surface area (Å²) in [5.41, 5.74) is 4.39. The summed E-state index contributed by atoms with van der Waals surface area (Å²) in [5, 5.41) is 9.77. The van der Waals surface area contributed by atoms with E-state index in [0.29, 0.717) is 41.2 Å². The van der Waals surface area contributed by atoms with E-state index < -0.39 is 5.97 Å². The SMILES string of the molecule is O=C(O)c1cc2c3c(c1)C1C=CCC1C(C1CC=CCC1)N3CC1CC=CC21. The Labute approximate surface area is 166 Å². The van der Waals surface area contributed by atoms with Gasteiger partial charge in [0.25, 0.3) is 0 Å². The standard InChI is InChI=1S/C25H27NO2/c27-25(28)17-12-21-18-9-4-8-16(18)14-26-23(15-6-2-1-3-7-15)20-11-5-10-19(20)22(13-17)24(21)26/h1-2,4-5,9-10,12-13,15-16,18-20,23H,3,6-8,11,14H2,(H,27,28). The first-order chi connectivity index (χ1) is 13.7. The lowest BCUT2D eigenvalue weighted by atomic mass is 9.67. The van der Waals surface area contributed by atoms with Gasteiger partial charge in [-0.3, -0.25) is 0 Å². The highest BCUT2D eigenvalue weighted by molar-refractivity contribution is 5.90. The van der Waals surface area contributed by atoms with Gasteiger partial charge in [0.05, 0.1) is 5.56 Å². The summed E-state index contributed by atoms with van der Waals surface area (Å²) < 4.78 is 0. The Hall–Kier alpha value is -2.29. The molecule has 144 valence electrons. The Kier molecular flexibility index (Phi) is 3.63. The Morgan fingerprint density at radius 1 is 0.929 bits per heavy atom. The first-order valence-electron chi connectivity index (χ1n) is 10.9. The van der Waals surface area contributed by atoms with Gasteiger partial charge in [-0.05, 0) is 73.1 Å². The molecule has 2 heterocycles. The Morgan fingerprint density at radius 2 is 1.68 bits per heavy atom. The molecular formula is C25H27NO2. The zero-order chi connectivity index (χ0) is 18.8. The molecule has 0 amide bonds. The molecule has 5 aliphatic rings. The number of anilines is 1. The van der Waals surface area contributed by atoms with Crippen molar-refractivity contribution in [1.82, 2.24) is 0 Å². The van der Waals surface area contributed by atoms with Gasteiger partial charge in [-0.2, -0.15) is 0 Å². The lowest BCUT2D eigenvalue weighted by Crippen LogP contribution is -2.54. The molecule has 3 aliphatic carbocycles.